The lowest BCUT2D eigenvalue weighted by Crippen LogP contribution is -2.48. The molecule has 0 N–H and O–H groups in total. The summed E-state index contributed by atoms with van der Waals surface area (Å²) in [5.41, 5.74) is 0. The van der Waals surface area contributed by atoms with Crippen molar-refractivity contribution in [2.75, 3.05) is 13.6 Å². The highest BCUT2D eigenvalue weighted by molar-refractivity contribution is 7.89. The Kier molecular flexibility index (Phi) is 5.49. The first-order chi connectivity index (χ1) is 11.9. The Balaban J connectivity index is 1.69. The topological polar surface area (TPSA) is 57.7 Å². The average molecular weight is 365 g/mol. The number of hydrogen-bond donors (Lipinski definition) is 0. The van der Waals surface area contributed by atoms with Gasteiger partial charge in [0.05, 0.1) is 11.4 Å². The largest absolute Gasteiger partial charge is 0.336 e. The summed E-state index contributed by atoms with van der Waals surface area (Å²) >= 11 is 0. The van der Waals surface area contributed by atoms with Gasteiger partial charge in [-0.05, 0) is 56.6 Å². The van der Waals surface area contributed by atoms with Crippen molar-refractivity contribution in [2.45, 2.75) is 62.4 Å². The maximum atomic E-state index is 12.9. The normalized spacial score (nSPS) is 24.3. The molecule has 0 radical (unpaired) electrons. The van der Waals surface area contributed by atoms with Crippen LogP contribution >= 0.6 is 0 Å². The van der Waals surface area contributed by atoms with Gasteiger partial charge >= 0.3 is 0 Å². The van der Waals surface area contributed by atoms with Gasteiger partial charge < -0.3 is 4.90 Å². The maximum absolute atomic E-state index is 12.9. The Labute approximate surface area is 151 Å². The quantitative estimate of drug-likeness (QED) is 0.780. The summed E-state index contributed by atoms with van der Waals surface area (Å²) in [6, 6.07) is 8.91. The van der Waals surface area contributed by atoms with Crippen LogP contribution in [0.25, 0.3) is 0 Å². The predicted octanol–water partition coefficient (Wildman–Crippen LogP) is 2.88. The lowest BCUT2D eigenvalue weighted by Gasteiger charge is -2.37. The SMILES string of the molecule is CC1CCC(N(C(=O)CN(C)S(=O)(=O)c2ccccc2)C2CC2)CC1. The molecule has 1 amide bonds. The molecular formula is C19H28N2O3S. The molecule has 2 fully saturated rings. The van der Waals surface area contributed by atoms with Crippen LogP contribution in [0.4, 0.5) is 0 Å². The van der Waals surface area contributed by atoms with Gasteiger partial charge in [0.25, 0.3) is 0 Å². The number of benzene rings is 1. The Bertz CT molecular complexity index is 693. The van der Waals surface area contributed by atoms with Crippen molar-refractivity contribution in [3.63, 3.8) is 0 Å². The summed E-state index contributed by atoms with van der Waals surface area (Å²) in [4.78, 5) is 15.1. The van der Waals surface area contributed by atoms with Gasteiger partial charge in [-0.2, -0.15) is 4.31 Å². The van der Waals surface area contributed by atoms with Gasteiger partial charge in [0, 0.05) is 19.1 Å². The third kappa shape index (κ3) is 4.23. The molecule has 2 aliphatic carbocycles. The van der Waals surface area contributed by atoms with E-state index in [-0.39, 0.29) is 23.4 Å². The highest BCUT2D eigenvalue weighted by Gasteiger charge is 2.39. The van der Waals surface area contributed by atoms with E-state index in [1.54, 1.807) is 30.3 Å². The van der Waals surface area contributed by atoms with E-state index < -0.39 is 10.0 Å². The smallest absolute Gasteiger partial charge is 0.243 e. The lowest BCUT2D eigenvalue weighted by molar-refractivity contribution is -0.135. The summed E-state index contributed by atoms with van der Waals surface area (Å²) in [5, 5.41) is 0. The highest BCUT2D eigenvalue weighted by Crippen LogP contribution is 2.35. The molecule has 5 nitrogen and oxygen atoms in total. The number of rotatable bonds is 6. The second-order valence-electron chi connectivity index (χ2n) is 7.52. The van der Waals surface area contributed by atoms with Gasteiger partial charge in [0.15, 0.2) is 0 Å². The molecule has 138 valence electrons. The first-order valence-corrected chi connectivity index (χ1v) is 10.7. The van der Waals surface area contributed by atoms with E-state index in [0.717, 1.165) is 44.4 Å². The van der Waals surface area contributed by atoms with Crippen LogP contribution in [0.2, 0.25) is 0 Å². The number of sulfonamides is 1. The molecule has 2 aliphatic rings. The Hall–Kier alpha value is -1.40. The Morgan fingerprint density at radius 1 is 1.00 bits per heavy atom. The highest BCUT2D eigenvalue weighted by atomic mass is 32.2. The summed E-state index contributed by atoms with van der Waals surface area (Å²) in [5.74, 6) is 0.678. The molecule has 0 unspecified atom stereocenters. The zero-order valence-corrected chi connectivity index (χ0v) is 15.9. The first-order valence-electron chi connectivity index (χ1n) is 9.22. The van der Waals surface area contributed by atoms with Crippen LogP contribution in [0.5, 0.6) is 0 Å². The van der Waals surface area contributed by atoms with Gasteiger partial charge in [-0.1, -0.05) is 25.1 Å². The van der Waals surface area contributed by atoms with Crippen molar-refractivity contribution in [1.82, 2.24) is 9.21 Å². The molecule has 0 atom stereocenters. The van der Waals surface area contributed by atoms with Crippen molar-refractivity contribution in [3.05, 3.63) is 30.3 Å². The fourth-order valence-corrected chi connectivity index (χ4v) is 4.85. The number of carbonyl (C=O) groups excluding carboxylic acids is 1. The number of nitrogens with zero attached hydrogens (tertiary/aromatic N) is 2. The third-order valence-electron chi connectivity index (χ3n) is 5.42. The van der Waals surface area contributed by atoms with E-state index in [1.165, 1.54) is 11.4 Å². The molecule has 0 spiro atoms. The predicted molar refractivity (Wildman–Crippen MR) is 97.5 cm³/mol. The summed E-state index contributed by atoms with van der Waals surface area (Å²) < 4.78 is 26.5. The lowest BCUT2D eigenvalue weighted by atomic mass is 9.86. The van der Waals surface area contributed by atoms with Gasteiger partial charge in [-0.15, -0.1) is 0 Å². The molecule has 0 bridgehead atoms. The van der Waals surface area contributed by atoms with Crippen molar-refractivity contribution < 1.29 is 13.2 Å². The minimum atomic E-state index is -3.63. The molecule has 1 aromatic carbocycles. The summed E-state index contributed by atoms with van der Waals surface area (Å²) in [7, 11) is -2.13. The molecule has 0 aromatic heterocycles. The van der Waals surface area contributed by atoms with E-state index in [9.17, 15) is 13.2 Å². The van der Waals surface area contributed by atoms with E-state index in [0.29, 0.717) is 6.04 Å². The minimum Gasteiger partial charge on any atom is -0.336 e. The van der Waals surface area contributed by atoms with Gasteiger partial charge in [0.1, 0.15) is 0 Å². The van der Waals surface area contributed by atoms with Crippen LogP contribution in [0, 0.1) is 5.92 Å². The molecule has 0 aliphatic heterocycles. The Morgan fingerprint density at radius 2 is 1.52 bits per heavy atom. The van der Waals surface area contributed by atoms with Crippen LogP contribution in [0.15, 0.2) is 35.2 Å². The van der Waals surface area contributed by atoms with E-state index in [1.807, 2.05) is 4.90 Å². The molecule has 2 saturated carbocycles. The Morgan fingerprint density at radius 3 is 2.04 bits per heavy atom. The monoisotopic (exact) mass is 364 g/mol. The van der Waals surface area contributed by atoms with Crippen LogP contribution in [-0.2, 0) is 14.8 Å². The second-order valence-corrected chi connectivity index (χ2v) is 9.56. The molecular weight excluding hydrogens is 336 g/mol. The van der Waals surface area contributed by atoms with E-state index in [4.69, 9.17) is 0 Å². The van der Waals surface area contributed by atoms with Crippen LogP contribution in [0.3, 0.4) is 0 Å². The number of carbonyl (C=O) groups is 1. The third-order valence-corrected chi connectivity index (χ3v) is 7.23. The number of hydrogen-bond acceptors (Lipinski definition) is 3. The molecule has 1 aromatic rings. The van der Waals surface area contributed by atoms with Gasteiger partial charge in [-0.25, -0.2) is 8.42 Å². The standard InChI is InChI=1S/C19H28N2O3S/c1-15-8-10-16(11-9-15)21(17-12-13-17)19(22)14-20(2)25(23,24)18-6-4-3-5-7-18/h3-7,15-17H,8-14H2,1-2H3. The van der Waals surface area contributed by atoms with Gasteiger partial charge in [-0.3, -0.25) is 4.79 Å². The summed E-state index contributed by atoms with van der Waals surface area (Å²) in [6.07, 6.45) is 6.48. The minimum absolute atomic E-state index is 0.0518. The second kappa shape index (κ2) is 7.46. The van der Waals surface area contributed by atoms with E-state index in [2.05, 4.69) is 6.92 Å². The van der Waals surface area contributed by atoms with Crippen molar-refractivity contribution in [1.29, 1.82) is 0 Å². The van der Waals surface area contributed by atoms with Crippen LogP contribution < -0.4 is 0 Å². The van der Waals surface area contributed by atoms with E-state index >= 15 is 0 Å². The molecule has 3 rings (SSSR count). The molecule has 0 saturated heterocycles. The zero-order valence-electron chi connectivity index (χ0n) is 15.1. The summed E-state index contributed by atoms with van der Waals surface area (Å²) in [6.45, 7) is 2.18. The fourth-order valence-electron chi connectivity index (χ4n) is 3.71. The van der Waals surface area contributed by atoms with Crippen LogP contribution in [-0.4, -0.2) is 49.2 Å². The number of likely N-dealkylation sites (N-methyl/N-ethyl adjacent to an activating group) is 1. The average Bonchev–Trinajstić information content (AvgIpc) is 3.42. The number of amides is 1. The van der Waals surface area contributed by atoms with Crippen LogP contribution in [0.1, 0.15) is 45.4 Å². The molecule has 6 heteroatoms. The van der Waals surface area contributed by atoms with Crippen molar-refractivity contribution in [2.24, 2.45) is 5.92 Å². The molecule has 0 heterocycles. The van der Waals surface area contributed by atoms with Crippen molar-refractivity contribution >= 4 is 15.9 Å². The fraction of sp³-hybridized carbons (Fsp3) is 0.632. The zero-order chi connectivity index (χ0) is 18.0. The van der Waals surface area contributed by atoms with Gasteiger partial charge in [0.2, 0.25) is 15.9 Å². The first kappa shape index (κ1) is 18.4. The van der Waals surface area contributed by atoms with Crippen molar-refractivity contribution in [3.8, 4) is 0 Å². The molecule has 25 heavy (non-hydrogen) atoms. The maximum Gasteiger partial charge on any atom is 0.243 e.